The van der Waals surface area contributed by atoms with Crippen molar-refractivity contribution in [3.63, 3.8) is 0 Å². The largest absolute Gasteiger partial charge is 0.481 e. The minimum Gasteiger partial charge on any atom is -0.481 e. The van der Waals surface area contributed by atoms with Crippen LogP contribution in [0.4, 0.5) is 0 Å². The maximum atomic E-state index is 11.5. The standard InChI is InChI=1S/C15H27NO2/c1-4-12-7-6-11(3)16(12)14-9-10(2)5-8-13(14)15(17)18/h10-14H,4-9H2,1-3H3,(H,17,18). The van der Waals surface area contributed by atoms with Crippen molar-refractivity contribution < 1.29 is 9.90 Å². The lowest BCUT2D eigenvalue weighted by Gasteiger charge is -2.43. The molecule has 3 nitrogen and oxygen atoms in total. The minimum absolute atomic E-state index is 0.143. The van der Waals surface area contributed by atoms with Crippen LogP contribution in [0.5, 0.6) is 0 Å². The summed E-state index contributed by atoms with van der Waals surface area (Å²) in [5, 5.41) is 9.47. The van der Waals surface area contributed by atoms with E-state index in [1.807, 2.05) is 0 Å². The Morgan fingerprint density at radius 3 is 2.56 bits per heavy atom. The molecular weight excluding hydrogens is 226 g/mol. The molecule has 1 heterocycles. The second-order valence-corrected chi connectivity index (χ2v) is 6.37. The Hall–Kier alpha value is -0.570. The molecule has 1 aliphatic carbocycles. The van der Waals surface area contributed by atoms with E-state index in [9.17, 15) is 9.90 Å². The number of hydrogen-bond donors (Lipinski definition) is 1. The zero-order chi connectivity index (χ0) is 13.3. The lowest BCUT2D eigenvalue weighted by atomic mass is 9.77. The van der Waals surface area contributed by atoms with Crippen LogP contribution in [0, 0.1) is 11.8 Å². The predicted octanol–water partition coefficient (Wildman–Crippen LogP) is 3.14. The van der Waals surface area contributed by atoms with E-state index in [2.05, 4.69) is 25.7 Å². The minimum atomic E-state index is -0.583. The number of nitrogens with zero attached hydrogens (tertiary/aromatic N) is 1. The summed E-state index contributed by atoms with van der Waals surface area (Å²) >= 11 is 0. The Bertz CT molecular complexity index is 305. The Balaban J connectivity index is 2.18. The highest BCUT2D eigenvalue weighted by atomic mass is 16.4. The SMILES string of the molecule is CCC1CCC(C)N1C1CC(C)CCC1C(=O)O. The number of carbonyl (C=O) groups is 1. The van der Waals surface area contributed by atoms with Crippen molar-refractivity contribution in [3.05, 3.63) is 0 Å². The second-order valence-electron chi connectivity index (χ2n) is 6.37. The van der Waals surface area contributed by atoms with E-state index < -0.39 is 5.97 Å². The first-order valence-corrected chi connectivity index (χ1v) is 7.54. The van der Waals surface area contributed by atoms with Crippen molar-refractivity contribution in [2.45, 2.75) is 77.4 Å². The third-order valence-electron chi connectivity index (χ3n) is 5.10. The molecule has 0 aromatic heterocycles. The summed E-state index contributed by atoms with van der Waals surface area (Å²) in [6, 6.07) is 1.44. The van der Waals surface area contributed by atoms with Crippen LogP contribution >= 0.6 is 0 Å². The Morgan fingerprint density at radius 2 is 1.94 bits per heavy atom. The van der Waals surface area contributed by atoms with Gasteiger partial charge in [0, 0.05) is 18.1 Å². The summed E-state index contributed by atoms with van der Waals surface area (Å²) in [5.41, 5.74) is 0. The first kappa shape index (κ1) is 13.9. The van der Waals surface area contributed by atoms with Crippen LogP contribution < -0.4 is 0 Å². The van der Waals surface area contributed by atoms with E-state index in [0.29, 0.717) is 18.0 Å². The van der Waals surface area contributed by atoms with Gasteiger partial charge in [-0.25, -0.2) is 0 Å². The van der Waals surface area contributed by atoms with E-state index >= 15 is 0 Å². The first-order valence-electron chi connectivity index (χ1n) is 7.54. The summed E-state index contributed by atoms with van der Waals surface area (Å²) < 4.78 is 0. The molecule has 5 unspecified atom stereocenters. The van der Waals surface area contributed by atoms with Gasteiger partial charge in [0.1, 0.15) is 0 Å². The predicted molar refractivity (Wildman–Crippen MR) is 72.5 cm³/mol. The summed E-state index contributed by atoms with van der Waals surface area (Å²) in [6.07, 6.45) is 6.64. The van der Waals surface area contributed by atoms with Gasteiger partial charge in [-0.2, -0.15) is 0 Å². The molecule has 0 aromatic rings. The molecule has 104 valence electrons. The lowest BCUT2D eigenvalue weighted by Crippen LogP contribution is -2.51. The fourth-order valence-corrected chi connectivity index (χ4v) is 4.07. The van der Waals surface area contributed by atoms with Crippen LogP contribution in [0.3, 0.4) is 0 Å². The van der Waals surface area contributed by atoms with Crippen LogP contribution in [-0.2, 0) is 4.79 Å². The lowest BCUT2D eigenvalue weighted by molar-refractivity contribution is -0.146. The van der Waals surface area contributed by atoms with Crippen LogP contribution in [0.2, 0.25) is 0 Å². The molecular formula is C15H27NO2. The van der Waals surface area contributed by atoms with Crippen molar-refractivity contribution >= 4 is 5.97 Å². The van der Waals surface area contributed by atoms with Gasteiger partial charge in [-0.3, -0.25) is 9.69 Å². The van der Waals surface area contributed by atoms with Crippen molar-refractivity contribution in [3.8, 4) is 0 Å². The Labute approximate surface area is 111 Å². The second kappa shape index (κ2) is 5.60. The third kappa shape index (κ3) is 2.56. The molecule has 1 saturated carbocycles. The number of rotatable bonds is 3. The quantitative estimate of drug-likeness (QED) is 0.840. The third-order valence-corrected chi connectivity index (χ3v) is 5.10. The van der Waals surface area contributed by atoms with Crippen molar-refractivity contribution in [1.29, 1.82) is 0 Å². The average molecular weight is 253 g/mol. The van der Waals surface area contributed by atoms with E-state index in [0.717, 1.165) is 25.7 Å². The smallest absolute Gasteiger partial charge is 0.308 e. The average Bonchev–Trinajstić information content (AvgIpc) is 2.69. The first-order chi connectivity index (χ1) is 8.54. The fraction of sp³-hybridized carbons (Fsp3) is 0.933. The molecule has 0 bridgehead atoms. The van der Waals surface area contributed by atoms with E-state index in [1.54, 1.807) is 0 Å². The molecule has 0 spiro atoms. The number of aliphatic carboxylic acids is 1. The van der Waals surface area contributed by atoms with Crippen molar-refractivity contribution in [1.82, 2.24) is 4.90 Å². The molecule has 0 radical (unpaired) electrons. The van der Waals surface area contributed by atoms with Gasteiger partial charge < -0.3 is 5.11 Å². The highest BCUT2D eigenvalue weighted by Gasteiger charge is 2.43. The van der Waals surface area contributed by atoms with Gasteiger partial charge in [0.25, 0.3) is 0 Å². The van der Waals surface area contributed by atoms with Crippen molar-refractivity contribution in [2.75, 3.05) is 0 Å². The molecule has 1 N–H and O–H groups in total. The molecule has 1 aliphatic heterocycles. The Morgan fingerprint density at radius 1 is 1.22 bits per heavy atom. The zero-order valence-electron chi connectivity index (χ0n) is 11.9. The van der Waals surface area contributed by atoms with Gasteiger partial charge in [-0.15, -0.1) is 0 Å². The van der Waals surface area contributed by atoms with E-state index in [1.165, 1.54) is 12.8 Å². The van der Waals surface area contributed by atoms with Gasteiger partial charge in [-0.05, 0) is 51.4 Å². The Kier molecular flexibility index (Phi) is 4.31. The highest BCUT2D eigenvalue weighted by molar-refractivity contribution is 5.71. The fourth-order valence-electron chi connectivity index (χ4n) is 4.07. The molecule has 2 aliphatic rings. The molecule has 5 atom stereocenters. The monoisotopic (exact) mass is 253 g/mol. The molecule has 2 fully saturated rings. The summed E-state index contributed by atoms with van der Waals surface area (Å²) in [6.45, 7) is 6.78. The number of hydrogen-bond acceptors (Lipinski definition) is 2. The highest BCUT2D eigenvalue weighted by Crippen LogP contribution is 2.38. The summed E-state index contributed by atoms with van der Waals surface area (Å²) in [7, 11) is 0. The molecule has 2 rings (SSSR count). The molecule has 0 aromatic carbocycles. The van der Waals surface area contributed by atoms with Gasteiger partial charge in [0.15, 0.2) is 0 Å². The normalized spacial score (nSPS) is 42.1. The van der Waals surface area contributed by atoms with Crippen molar-refractivity contribution in [2.24, 2.45) is 11.8 Å². The topological polar surface area (TPSA) is 40.5 Å². The van der Waals surface area contributed by atoms with Gasteiger partial charge in [-0.1, -0.05) is 13.8 Å². The van der Waals surface area contributed by atoms with Crippen LogP contribution in [0.15, 0.2) is 0 Å². The maximum absolute atomic E-state index is 11.5. The molecule has 0 amide bonds. The number of likely N-dealkylation sites (tertiary alicyclic amines) is 1. The maximum Gasteiger partial charge on any atom is 0.308 e. The van der Waals surface area contributed by atoms with Crippen LogP contribution in [0.25, 0.3) is 0 Å². The molecule has 3 heteroatoms. The van der Waals surface area contributed by atoms with Crippen LogP contribution in [-0.4, -0.2) is 34.1 Å². The van der Waals surface area contributed by atoms with E-state index in [4.69, 9.17) is 0 Å². The zero-order valence-corrected chi connectivity index (χ0v) is 11.9. The van der Waals surface area contributed by atoms with Gasteiger partial charge in [0.05, 0.1) is 5.92 Å². The number of carboxylic acids is 1. The summed E-state index contributed by atoms with van der Waals surface area (Å²) in [5.74, 6) is -0.0486. The molecule has 1 saturated heterocycles. The van der Waals surface area contributed by atoms with Gasteiger partial charge >= 0.3 is 5.97 Å². The van der Waals surface area contributed by atoms with Crippen LogP contribution in [0.1, 0.15) is 59.3 Å². The van der Waals surface area contributed by atoms with Gasteiger partial charge in [0.2, 0.25) is 0 Å². The number of carboxylic acid groups (broad SMARTS) is 1. The summed E-state index contributed by atoms with van der Waals surface area (Å²) in [4.78, 5) is 14.1. The molecule has 18 heavy (non-hydrogen) atoms. The van der Waals surface area contributed by atoms with E-state index in [-0.39, 0.29) is 12.0 Å².